The van der Waals surface area contributed by atoms with Crippen LogP contribution >= 0.6 is 11.6 Å². The molecule has 0 aliphatic heterocycles. The number of halogens is 1. The molecule has 3 rings (SSSR count). The van der Waals surface area contributed by atoms with Crippen molar-refractivity contribution in [2.24, 2.45) is 7.05 Å². The molecular weight excluding hydrogens is 242 g/mol. The second-order valence-corrected chi connectivity index (χ2v) is 4.98. The molecular formula is C16H14ClN. The predicted molar refractivity (Wildman–Crippen MR) is 78.1 cm³/mol. The van der Waals surface area contributed by atoms with E-state index in [4.69, 9.17) is 11.6 Å². The van der Waals surface area contributed by atoms with E-state index in [0.717, 1.165) is 5.02 Å². The average Bonchev–Trinajstić information content (AvgIpc) is 2.63. The van der Waals surface area contributed by atoms with Crippen LogP contribution in [0.1, 0.15) is 5.69 Å². The second-order valence-electron chi connectivity index (χ2n) is 4.55. The van der Waals surface area contributed by atoms with E-state index in [1.807, 2.05) is 18.2 Å². The molecule has 0 unspecified atom stereocenters. The first kappa shape index (κ1) is 11.4. The first-order valence-corrected chi connectivity index (χ1v) is 6.36. The molecule has 0 spiro atoms. The van der Waals surface area contributed by atoms with Crippen LogP contribution in [-0.4, -0.2) is 4.57 Å². The topological polar surface area (TPSA) is 4.93 Å². The van der Waals surface area contributed by atoms with Crippen LogP contribution in [0.15, 0.2) is 48.5 Å². The molecule has 0 saturated heterocycles. The zero-order valence-electron chi connectivity index (χ0n) is 10.4. The summed E-state index contributed by atoms with van der Waals surface area (Å²) in [7, 11) is 2.10. The highest BCUT2D eigenvalue weighted by Crippen LogP contribution is 2.35. The van der Waals surface area contributed by atoms with E-state index < -0.39 is 0 Å². The summed E-state index contributed by atoms with van der Waals surface area (Å²) in [6.07, 6.45) is 0. The molecule has 90 valence electrons. The zero-order chi connectivity index (χ0) is 12.7. The highest BCUT2D eigenvalue weighted by atomic mass is 35.5. The molecule has 0 aliphatic rings. The zero-order valence-corrected chi connectivity index (χ0v) is 11.2. The molecule has 2 aromatic carbocycles. The Balaban J connectivity index is 2.42. The van der Waals surface area contributed by atoms with Gasteiger partial charge in [-0.1, -0.05) is 41.9 Å². The van der Waals surface area contributed by atoms with E-state index in [1.54, 1.807) is 0 Å². The van der Waals surface area contributed by atoms with Crippen LogP contribution in [0.4, 0.5) is 0 Å². The Morgan fingerprint density at radius 1 is 1.00 bits per heavy atom. The summed E-state index contributed by atoms with van der Waals surface area (Å²) in [5, 5.41) is 2.00. The third-order valence-electron chi connectivity index (χ3n) is 3.52. The summed E-state index contributed by atoms with van der Waals surface area (Å²) in [5.41, 5.74) is 4.99. The Bertz CT molecular complexity index is 711. The monoisotopic (exact) mass is 255 g/mol. The Labute approximate surface area is 112 Å². The molecule has 0 aliphatic carbocycles. The fourth-order valence-electron chi connectivity index (χ4n) is 2.51. The van der Waals surface area contributed by atoms with Crippen LogP contribution in [0.5, 0.6) is 0 Å². The predicted octanol–water partition coefficient (Wildman–Crippen LogP) is 4.81. The fraction of sp³-hybridized carbons (Fsp3) is 0.125. The Hall–Kier alpha value is -1.73. The lowest BCUT2D eigenvalue weighted by molar-refractivity contribution is 0.919. The lowest BCUT2D eigenvalue weighted by atomic mass is 10.0. The standard InChI is InChI=1S/C16H14ClN/c1-11-16(12-6-4-3-5-7-12)14-10-13(17)8-9-15(14)18(11)2/h3-10H,1-2H3. The molecule has 0 bridgehead atoms. The molecule has 0 radical (unpaired) electrons. The molecule has 3 aromatic rings. The first-order chi connectivity index (χ1) is 8.68. The Kier molecular flexibility index (Phi) is 2.64. The quantitative estimate of drug-likeness (QED) is 0.588. The van der Waals surface area contributed by atoms with Crippen molar-refractivity contribution in [3.05, 3.63) is 59.2 Å². The van der Waals surface area contributed by atoms with Gasteiger partial charge in [0.15, 0.2) is 0 Å². The second kappa shape index (κ2) is 4.18. The maximum Gasteiger partial charge on any atom is 0.0487 e. The van der Waals surface area contributed by atoms with E-state index in [2.05, 4.69) is 48.9 Å². The minimum atomic E-state index is 0.783. The normalized spacial score (nSPS) is 11.1. The fourth-order valence-corrected chi connectivity index (χ4v) is 2.69. The number of nitrogens with zero attached hydrogens (tertiary/aromatic N) is 1. The minimum absolute atomic E-state index is 0.783. The van der Waals surface area contributed by atoms with E-state index in [0.29, 0.717) is 0 Å². The van der Waals surface area contributed by atoms with Gasteiger partial charge in [0.25, 0.3) is 0 Å². The number of rotatable bonds is 1. The van der Waals surface area contributed by atoms with Crippen molar-refractivity contribution in [2.75, 3.05) is 0 Å². The van der Waals surface area contributed by atoms with Crippen molar-refractivity contribution in [1.29, 1.82) is 0 Å². The number of fused-ring (bicyclic) bond motifs is 1. The number of hydrogen-bond acceptors (Lipinski definition) is 0. The molecule has 0 N–H and O–H groups in total. The molecule has 1 nitrogen and oxygen atoms in total. The van der Waals surface area contributed by atoms with Crippen molar-refractivity contribution in [2.45, 2.75) is 6.92 Å². The van der Waals surface area contributed by atoms with Crippen LogP contribution in [0.3, 0.4) is 0 Å². The smallest absolute Gasteiger partial charge is 0.0487 e. The highest BCUT2D eigenvalue weighted by Gasteiger charge is 2.13. The van der Waals surface area contributed by atoms with Crippen LogP contribution in [0.25, 0.3) is 22.0 Å². The Morgan fingerprint density at radius 2 is 1.72 bits per heavy atom. The summed E-state index contributed by atoms with van der Waals surface area (Å²) in [6.45, 7) is 2.15. The van der Waals surface area contributed by atoms with Gasteiger partial charge in [0, 0.05) is 34.2 Å². The molecule has 0 amide bonds. The molecule has 0 atom stereocenters. The number of benzene rings is 2. The third-order valence-corrected chi connectivity index (χ3v) is 3.75. The van der Waals surface area contributed by atoms with Crippen LogP contribution in [0.2, 0.25) is 5.02 Å². The van der Waals surface area contributed by atoms with E-state index in [1.165, 1.54) is 27.7 Å². The van der Waals surface area contributed by atoms with Crippen molar-refractivity contribution in [3.8, 4) is 11.1 Å². The highest BCUT2D eigenvalue weighted by molar-refractivity contribution is 6.31. The minimum Gasteiger partial charge on any atom is -0.347 e. The van der Waals surface area contributed by atoms with E-state index in [-0.39, 0.29) is 0 Å². The van der Waals surface area contributed by atoms with Gasteiger partial charge >= 0.3 is 0 Å². The summed E-state index contributed by atoms with van der Waals surface area (Å²) < 4.78 is 2.22. The van der Waals surface area contributed by atoms with E-state index >= 15 is 0 Å². The number of aryl methyl sites for hydroxylation is 1. The van der Waals surface area contributed by atoms with Gasteiger partial charge in [0.2, 0.25) is 0 Å². The van der Waals surface area contributed by atoms with Crippen LogP contribution in [0, 0.1) is 6.92 Å². The van der Waals surface area contributed by atoms with Gasteiger partial charge in [-0.2, -0.15) is 0 Å². The molecule has 1 heterocycles. The Morgan fingerprint density at radius 3 is 2.44 bits per heavy atom. The molecule has 18 heavy (non-hydrogen) atoms. The van der Waals surface area contributed by atoms with Gasteiger partial charge in [-0.05, 0) is 30.7 Å². The lowest BCUT2D eigenvalue weighted by Gasteiger charge is -2.02. The van der Waals surface area contributed by atoms with E-state index in [9.17, 15) is 0 Å². The molecule has 2 heteroatoms. The molecule has 1 aromatic heterocycles. The molecule has 0 saturated carbocycles. The van der Waals surface area contributed by atoms with Crippen molar-refractivity contribution >= 4 is 22.5 Å². The largest absolute Gasteiger partial charge is 0.347 e. The maximum atomic E-state index is 6.13. The summed E-state index contributed by atoms with van der Waals surface area (Å²) >= 11 is 6.13. The van der Waals surface area contributed by atoms with Crippen LogP contribution < -0.4 is 0 Å². The van der Waals surface area contributed by atoms with Crippen molar-refractivity contribution in [1.82, 2.24) is 4.57 Å². The number of aromatic nitrogens is 1. The summed E-state index contributed by atoms with van der Waals surface area (Å²) in [4.78, 5) is 0. The first-order valence-electron chi connectivity index (χ1n) is 5.98. The maximum absolute atomic E-state index is 6.13. The van der Waals surface area contributed by atoms with Gasteiger partial charge in [0.1, 0.15) is 0 Å². The third kappa shape index (κ3) is 1.63. The van der Waals surface area contributed by atoms with Gasteiger partial charge in [-0.25, -0.2) is 0 Å². The SMILES string of the molecule is Cc1c(-c2ccccc2)c2cc(Cl)ccc2n1C. The van der Waals surface area contributed by atoms with Gasteiger partial charge in [-0.15, -0.1) is 0 Å². The summed E-state index contributed by atoms with van der Waals surface area (Å²) in [5.74, 6) is 0. The average molecular weight is 256 g/mol. The van der Waals surface area contributed by atoms with Crippen molar-refractivity contribution in [3.63, 3.8) is 0 Å². The number of hydrogen-bond donors (Lipinski definition) is 0. The summed E-state index contributed by atoms with van der Waals surface area (Å²) in [6, 6.07) is 16.5. The van der Waals surface area contributed by atoms with Gasteiger partial charge < -0.3 is 4.57 Å². The van der Waals surface area contributed by atoms with Crippen molar-refractivity contribution < 1.29 is 0 Å². The molecule has 0 fully saturated rings. The van der Waals surface area contributed by atoms with Gasteiger partial charge in [0.05, 0.1) is 0 Å². The lowest BCUT2D eigenvalue weighted by Crippen LogP contribution is -1.90. The van der Waals surface area contributed by atoms with Crippen LogP contribution in [-0.2, 0) is 7.05 Å². The van der Waals surface area contributed by atoms with Gasteiger partial charge in [-0.3, -0.25) is 0 Å².